The summed E-state index contributed by atoms with van der Waals surface area (Å²) >= 11 is 0. The van der Waals surface area contributed by atoms with Crippen LogP contribution in [0.1, 0.15) is 12.8 Å². The van der Waals surface area contributed by atoms with Crippen LogP contribution in [0, 0.1) is 0 Å². The van der Waals surface area contributed by atoms with E-state index in [0.29, 0.717) is 0 Å². The summed E-state index contributed by atoms with van der Waals surface area (Å²) in [6, 6.07) is 21.3. The van der Waals surface area contributed by atoms with Gasteiger partial charge in [0.25, 0.3) is 0 Å². The van der Waals surface area contributed by atoms with Crippen LogP contribution in [0.4, 0.5) is 5.82 Å². The highest BCUT2D eigenvalue weighted by molar-refractivity contribution is 6.27. The van der Waals surface area contributed by atoms with Crippen molar-refractivity contribution in [1.29, 1.82) is 0 Å². The molecule has 2 heterocycles. The summed E-state index contributed by atoms with van der Waals surface area (Å²) in [6.45, 7) is 2.25. The van der Waals surface area contributed by atoms with E-state index >= 15 is 0 Å². The Morgan fingerprint density at radius 3 is 1.70 bits per heavy atom. The van der Waals surface area contributed by atoms with Crippen LogP contribution in [0.25, 0.3) is 22.0 Å². The van der Waals surface area contributed by atoms with E-state index < -0.39 is 23.9 Å². The number of fused-ring (bicyclic) bond motifs is 1. The van der Waals surface area contributed by atoms with E-state index in [0.717, 1.165) is 24.4 Å². The number of hydrogen-bond donors (Lipinski definition) is 4. The molecule has 2 aromatic carbocycles. The van der Waals surface area contributed by atoms with E-state index in [1.807, 2.05) is 0 Å². The van der Waals surface area contributed by atoms with Crippen molar-refractivity contribution in [2.75, 3.05) is 18.0 Å². The van der Waals surface area contributed by atoms with Gasteiger partial charge in [0, 0.05) is 18.5 Å². The zero-order valence-electron chi connectivity index (χ0n) is 17.4. The summed E-state index contributed by atoms with van der Waals surface area (Å²) in [5, 5.41) is 30.8. The zero-order chi connectivity index (χ0) is 24.4. The largest absolute Gasteiger partial charge is 0.473 e. The van der Waals surface area contributed by atoms with Gasteiger partial charge in [0.1, 0.15) is 5.82 Å². The van der Waals surface area contributed by atoms with Gasteiger partial charge >= 0.3 is 23.9 Å². The minimum atomic E-state index is -1.82. The van der Waals surface area contributed by atoms with Gasteiger partial charge in [-0.2, -0.15) is 0 Å². The maximum Gasteiger partial charge on any atom is 0.414 e. The van der Waals surface area contributed by atoms with E-state index in [2.05, 4.69) is 65.6 Å². The second-order valence-corrected chi connectivity index (χ2v) is 6.83. The first-order valence-corrected chi connectivity index (χ1v) is 9.83. The van der Waals surface area contributed by atoms with Crippen LogP contribution in [-0.4, -0.2) is 62.4 Å². The van der Waals surface area contributed by atoms with Crippen LogP contribution in [0.2, 0.25) is 0 Å². The van der Waals surface area contributed by atoms with Gasteiger partial charge in [0.15, 0.2) is 0 Å². The monoisotopic (exact) mass is 454 g/mol. The van der Waals surface area contributed by atoms with E-state index in [9.17, 15) is 0 Å². The molecule has 1 fully saturated rings. The van der Waals surface area contributed by atoms with Crippen LogP contribution in [0.5, 0.6) is 0 Å². The first-order valence-electron chi connectivity index (χ1n) is 9.83. The summed E-state index contributed by atoms with van der Waals surface area (Å²) < 4.78 is 0. The number of nitrogens with zero attached hydrogens (tertiary/aromatic N) is 2. The summed E-state index contributed by atoms with van der Waals surface area (Å²) in [7, 11) is 0. The highest BCUT2D eigenvalue weighted by Gasteiger charge is 2.16. The van der Waals surface area contributed by atoms with Crippen molar-refractivity contribution in [3.63, 3.8) is 0 Å². The summed E-state index contributed by atoms with van der Waals surface area (Å²) in [5.41, 5.74) is 3.63. The van der Waals surface area contributed by atoms with Gasteiger partial charge in [-0.1, -0.05) is 48.5 Å². The minimum Gasteiger partial charge on any atom is -0.473 e. The fraction of sp³-hybridized carbons (Fsp3) is 0.174. The van der Waals surface area contributed by atoms with Crippen molar-refractivity contribution in [2.24, 2.45) is 0 Å². The fourth-order valence-corrected chi connectivity index (χ4v) is 3.13. The van der Waals surface area contributed by atoms with Gasteiger partial charge < -0.3 is 25.3 Å². The molecule has 1 saturated heterocycles. The third-order valence-corrected chi connectivity index (χ3v) is 4.58. The highest BCUT2D eigenvalue weighted by atomic mass is 16.4. The average molecular weight is 454 g/mol. The van der Waals surface area contributed by atoms with Gasteiger partial charge in [-0.05, 0) is 36.1 Å². The smallest absolute Gasteiger partial charge is 0.414 e. The second-order valence-electron chi connectivity index (χ2n) is 6.83. The molecule has 0 atom stereocenters. The normalized spacial score (nSPS) is 12.1. The molecule has 3 aromatic rings. The van der Waals surface area contributed by atoms with Crippen molar-refractivity contribution in [3.8, 4) is 11.1 Å². The van der Waals surface area contributed by atoms with E-state index in [1.54, 1.807) is 0 Å². The number of para-hydroxylation sites is 1. The molecule has 0 spiro atoms. The third-order valence-electron chi connectivity index (χ3n) is 4.58. The van der Waals surface area contributed by atoms with Gasteiger partial charge in [0.2, 0.25) is 0 Å². The Kier molecular flexibility index (Phi) is 8.86. The summed E-state index contributed by atoms with van der Waals surface area (Å²) in [4.78, 5) is 43.7. The molecule has 1 aliphatic rings. The Labute approximate surface area is 188 Å². The Bertz CT molecular complexity index is 1090. The Balaban J connectivity index is 0.000000269. The molecule has 1 aromatic heterocycles. The van der Waals surface area contributed by atoms with E-state index in [4.69, 9.17) is 44.6 Å². The second kappa shape index (κ2) is 11.8. The zero-order valence-corrected chi connectivity index (χ0v) is 17.4. The lowest BCUT2D eigenvalue weighted by Gasteiger charge is -2.18. The maximum atomic E-state index is 9.10. The molecule has 172 valence electrons. The standard InChI is InChI=1S/C19H18N2.2C2H2O4/c1-2-8-15(9-3-1)17-14-19(21-12-6-7-13-21)20-18-11-5-4-10-16(17)18;2*3-1(4)2(5)6/h1-5,8-11,14H,6-7,12-13H2;2*(H,3,4)(H,5,6). The number of anilines is 1. The van der Waals surface area contributed by atoms with Crippen molar-refractivity contribution in [2.45, 2.75) is 12.8 Å². The SMILES string of the molecule is O=C(O)C(=O)O.O=C(O)C(=O)O.c1ccc(-c2cc(N3CCCC3)nc3ccccc23)cc1. The minimum absolute atomic E-state index is 1.08. The van der Waals surface area contributed by atoms with Crippen molar-refractivity contribution >= 4 is 40.6 Å². The Hall–Kier alpha value is -4.47. The lowest BCUT2D eigenvalue weighted by molar-refractivity contribution is -0.159. The number of pyridine rings is 1. The molecule has 0 aliphatic carbocycles. The first kappa shape index (κ1) is 24.8. The molecule has 0 radical (unpaired) electrons. The molecule has 0 saturated carbocycles. The number of carbonyl (C=O) groups is 4. The number of carboxylic acid groups (broad SMARTS) is 4. The summed E-state index contributed by atoms with van der Waals surface area (Å²) in [5.74, 6) is -6.18. The predicted octanol–water partition coefficient (Wildman–Crippen LogP) is 2.81. The molecule has 0 bridgehead atoms. The van der Waals surface area contributed by atoms with Crippen molar-refractivity contribution in [3.05, 3.63) is 60.7 Å². The molecule has 10 nitrogen and oxygen atoms in total. The first-order chi connectivity index (χ1) is 15.7. The molecule has 0 amide bonds. The highest BCUT2D eigenvalue weighted by Crippen LogP contribution is 2.32. The number of carboxylic acids is 4. The van der Waals surface area contributed by atoms with Crippen LogP contribution >= 0.6 is 0 Å². The molecule has 1 aliphatic heterocycles. The van der Waals surface area contributed by atoms with Gasteiger partial charge in [-0.15, -0.1) is 0 Å². The van der Waals surface area contributed by atoms with Crippen LogP contribution in [0.3, 0.4) is 0 Å². The molecule has 4 N–H and O–H groups in total. The topological polar surface area (TPSA) is 165 Å². The molecule has 10 heteroatoms. The predicted molar refractivity (Wildman–Crippen MR) is 119 cm³/mol. The average Bonchev–Trinajstić information content (AvgIpc) is 3.35. The fourth-order valence-electron chi connectivity index (χ4n) is 3.13. The molecule has 33 heavy (non-hydrogen) atoms. The number of hydrogen-bond acceptors (Lipinski definition) is 6. The number of aliphatic carboxylic acids is 4. The van der Waals surface area contributed by atoms with Crippen LogP contribution in [-0.2, 0) is 19.2 Å². The van der Waals surface area contributed by atoms with Gasteiger partial charge in [0.05, 0.1) is 5.52 Å². The summed E-state index contributed by atoms with van der Waals surface area (Å²) in [6.07, 6.45) is 2.55. The van der Waals surface area contributed by atoms with Crippen LogP contribution in [0.15, 0.2) is 60.7 Å². The van der Waals surface area contributed by atoms with Crippen molar-refractivity contribution < 1.29 is 39.6 Å². The molecular weight excluding hydrogens is 432 g/mol. The van der Waals surface area contributed by atoms with E-state index in [1.165, 1.54) is 29.4 Å². The maximum absolute atomic E-state index is 9.10. The third kappa shape index (κ3) is 7.31. The van der Waals surface area contributed by atoms with Crippen LogP contribution < -0.4 is 4.90 Å². The molecule has 0 unspecified atom stereocenters. The molecule has 4 rings (SSSR count). The van der Waals surface area contributed by atoms with Crippen molar-refractivity contribution in [1.82, 2.24) is 4.98 Å². The molecular formula is C23H22N2O8. The quantitative estimate of drug-likeness (QED) is 0.423. The Morgan fingerprint density at radius 2 is 1.18 bits per heavy atom. The van der Waals surface area contributed by atoms with E-state index in [-0.39, 0.29) is 0 Å². The number of aromatic nitrogens is 1. The lowest BCUT2D eigenvalue weighted by atomic mass is 10.0. The Morgan fingerprint density at radius 1 is 0.697 bits per heavy atom. The van der Waals surface area contributed by atoms with Gasteiger partial charge in [-0.25, -0.2) is 24.2 Å². The van der Waals surface area contributed by atoms with Gasteiger partial charge in [-0.3, -0.25) is 0 Å². The number of rotatable bonds is 2. The number of benzene rings is 2. The lowest BCUT2D eigenvalue weighted by Crippen LogP contribution is -2.19.